The molecule has 3 aromatic rings. The van der Waals surface area contributed by atoms with Gasteiger partial charge in [0.05, 0.1) is 6.54 Å². The summed E-state index contributed by atoms with van der Waals surface area (Å²) in [7, 11) is 1.77. The highest BCUT2D eigenvalue weighted by molar-refractivity contribution is 5.76. The lowest BCUT2D eigenvalue weighted by Crippen LogP contribution is -2.31. The van der Waals surface area contributed by atoms with E-state index in [0.717, 1.165) is 16.9 Å². The van der Waals surface area contributed by atoms with Crippen LogP contribution in [0.4, 0.5) is 0 Å². The lowest BCUT2D eigenvalue weighted by atomic mass is 10.1. The smallest absolute Gasteiger partial charge is 0.227 e. The molecule has 28 heavy (non-hydrogen) atoms. The predicted octanol–water partition coefficient (Wildman–Crippen LogP) is 3.82. The van der Waals surface area contributed by atoms with Crippen molar-refractivity contribution >= 4 is 5.91 Å². The summed E-state index contributed by atoms with van der Waals surface area (Å²) >= 11 is 0. The highest BCUT2D eigenvalue weighted by atomic mass is 16.5. The first-order valence-corrected chi connectivity index (χ1v) is 9.35. The van der Waals surface area contributed by atoms with Gasteiger partial charge in [-0.1, -0.05) is 53.2 Å². The molecule has 0 aliphatic carbocycles. The molecule has 0 radical (unpaired) electrons. The monoisotopic (exact) mass is 379 g/mol. The molecule has 146 valence electrons. The van der Waals surface area contributed by atoms with Gasteiger partial charge in [-0.15, -0.1) is 0 Å². The fraction of sp³-hybridized carbons (Fsp3) is 0.318. The molecule has 0 unspecified atom stereocenters. The van der Waals surface area contributed by atoms with Gasteiger partial charge in [0, 0.05) is 25.5 Å². The number of likely N-dealkylation sites (N-methyl/N-ethyl adjacent to an activating group) is 1. The lowest BCUT2D eigenvalue weighted by Gasteiger charge is -2.17. The zero-order valence-electron chi connectivity index (χ0n) is 16.5. The van der Waals surface area contributed by atoms with Crippen molar-refractivity contribution in [1.82, 2.24) is 15.0 Å². The van der Waals surface area contributed by atoms with Gasteiger partial charge in [-0.2, -0.15) is 4.98 Å². The molecule has 2 aromatic carbocycles. The normalized spacial score (nSPS) is 10.7. The summed E-state index contributed by atoms with van der Waals surface area (Å²) in [5.74, 6) is 1.87. The molecule has 0 N–H and O–H groups in total. The molecule has 0 aliphatic rings. The standard InChI is InChI=1S/C22H25N3O3/c1-16-8-10-18(11-9-16)22-23-20(28-24-22)12-13-21(26)25(3)14-15-27-19-7-5-4-6-17(19)2/h4-11H,12-15H2,1-3H3. The molecule has 0 fully saturated rings. The number of ether oxygens (including phenoxy) is 1. The minimum Gasteiger partial charge on any atom is -0.491 e. The van der Waals surface area contributed by atoms with Crippen LogP contribution in [0.3, 0.4) is 0 Å². The van der Waals surface area contributed by atoms with Crippen molar-refractivity contribution in [1.29, 1.82) is 0 Å². The second-order valence-corrected chi connectivity index (χ2v) is 6.81. The summed E-state index contributed by atoms with van der Waals surface area (Å²) in [5, 5.41) is 4.00. The number of para-hydroxylation sites is 1. The molecule has 0 saturated heterocycles. The van der Waals surface area contributed by atoms with Crippen molar-refractivity contribution in [3.8, 4) is 17.1 Å². The molecule has 1 amide bonds. The number of aromatic nitrogens is 2. The zero-order chi connectivity index (χ0) is 19.9. The number of hydrogen-bond donors (Lipinski definition) is 0. The molecule has 6 heteroatoms. The largest absolute Gasteiger partial charge is 0.491 e. The topological polar surface area (TPSA) is 68.5 Å². The van der Waals surface area contributed by atoms with Crippen LogP contribution in [-0.4, -0.2) is 41.1 Å². The minimum absolute atomic E-state index is 0.0171. The second kappa shape index (κ2) is 9.17. The molecule has 0 saturated carbocycles. The molecule has 0 atom stereocenters. The number of nitrogens with zero attached hydrogens (tertiary/aromatic N) is 3. The SMILES string of the molecule is Cc1ccc(-c2noc(CCC(=O)N(C)CCOc3ccccc3C)n2)cc1. The van der Waals surface area contributed by atoms with Crippen LogP contribution in [0.1, 0.15) is 23.4 Å². The van der Waals surface area contributed by atoms with E-state index < -0.39 is 0 Å². The van der Waals surface area contributed by atoms with Crippen LogP contribution in [-0.2, 0) is 11.2 Å². The van der Waals surface area contributed by atoms with Crippen molar-refractivity contribution in [3.05, 3.63) is 65.5 Å². The van der Waals surface area contributed by atoms with Crippen LogP contribution in [0.25, 0.3) is 11.4 Å². The Labute approximate surface area is 165 Å². The van der Waals surface area contributed by atoms with E-state index in [0.29, 0.717) is 37.7 Å². The Kier molecular flexibility index (Phi) is 6.42. The Bertz CT molecular complexity index is 919. The number of amides is 1. The van der Waals surface area contributed by atoms with E-state index in [1.165, 1.54) is 5.56 Å². The molecule has 0 bridgehead atoms. The number of carbonyl (C=O) groups is 1. The van der Waals surface area contributed by atoms with Gasteiger partial charge in [0.25, 0.3) is 0 Å². The van der Waals surface area contributed by atoms with Crippen molar-refractivity contribution in [2.24, 2.45) is 0 Å². The third-order valence-corrected chi connectivity index (χ3v) is 4.53. The highest BCUT2D eigenvalue weighted by Gasteiger charge is 2.13. The van der Waals surface area contributed by atoms with E-state index in [1.807, 2.05) is 62.4 Å². The summed E-state index contributed by atoms with van der Waals surface area (Å²) in [5.41, 5.74) is 3.15. The maximum Gasteiger partial charge on any atom is 0.227 e. The van der Waals surface area contributed by atoms with Crippen LogP contribution >= 0.6 is 0 Å². The number of aryl methyl sites for hydroxylation is 3. The van der Waals surface area contributed by atoms with Gasteiger partial charge in [0.15, 0.2) is 0 Å². The van der Waals surface area contributed by atoms with E-state index >= 15 is 0 Å². The van der Waals surface area contributed by atoms with Crippen molar-refractivity contribution in [2.45, 2.75) is 26.7 Å². The Morgan fingerprint density at radius 2 is 1.86 bits per heavy atom. The Balaban J connectivity index is 1.44. The predicted molar refractivity (Wildman–Crippen MR) is 107 cm³/mol. The summed E-state index contributed by atoms with van der Waals surface area (Å²) in [6.45, 7) is 5.00. The maximum absolute atomic E-state index is 12.3. The van der Waals surface area contributed by atoms with Gasteiger partial charge in [0.1, 0.15) is 12.4 Å². The summed E-state index contributed by atoms with van der Waals surface area (Å²) in [6, 6.07) is 15.8. The maximum atomic E-state index is 12.3. The van der Waals surface area contributed by atoms with Gasteiger partial charge < -0.3 is 14.2 Å². The minimum atomic E-state index is 0.0171. The van der Waals surface area contributed by atoms with Crippen LogP contribution in [0.5, 0.6) is 5.75 Å². The number of benzene rings is 2. The van der Waals surface area contributed by atoms with Crippen LogP contribution < -0.4 is 4.74 Å². The van der Waals surface area contributed by atoms with Crippen LogP contribution in [0.15, 0.2) is 53.1 Å². The molecular formula is C22H25N3O3. The molecular weight excluding hydrogens is 354 g/mol. The van der Waals surface area contributed by atoms with E-state index in [1.54, 1.807) is 11.9 Å². The quantitative estimate of drug-likeness (QED) is 0.595. The molecule has 0 spiro atoms. The fourth-order valence-corrected chi connectivity index (χ4v) is 2.72. The van der Waals surface area contributed by atoms with Crippen LogP contribution in [0.2, 0.25) is 0 Å². The molecule has 0 aliphatic heterocycles. The van der Waals surface area contributed by atoms with Crippen molar-refractivity contribution in [2.75, 3.05) is 20.2 Å². The summed E-state index contributed by atoms with van der Waals surface area (Å²) in [6.07, 6.45) is 0.733. The van der Waals surface area contributed by atoms with E-state index in [-0.39, 0.29) is 5.91 Å². The average molecular weight is 379 g/mol. The first kappa shape index (κ1) is 19.6. The van der Waals surface area contributed by atoms with E-state index in [4.69, 9.17) is 9.26 Å². The average Bonchev–Trinajstić information content (AvgIpc) is 3.17. The third kappa shape index (κ3) is 5.19. The van der Waals surface area contributed by atoms with Gasteiger partial charge >= 0.3 is 0 Å². The van der Waals surface area contributed by atoms with Crippen LogP contribution in [0, 0.1) is 13.8 Å². The molecule has 6 nitrogen and oxygen atoms in total. The first-order chi connectivity index (χ1) is 13.5. The summed E-state index contributed by atoms with van der Waals surface area (Å²) in [4.78, 5) is 18.4. The Hall–Kier alpha value is -3.15. The summed E-state index contributed by atoms with van der Waals surface area (Å²) < 4.78 is 11.0. The Morgan fingerprint density at radius 1 is 1.11 bits per heavy atom. The molecule has 3 rings (SSSR count). The molecule has 1 aromatic heterocycles. The first-order valence-electron chi connectivity index (χ1n) is 9.35. The van der Waals surface area contributed by atoms with Gasteiger partial charge in [-0.25, -0.2) is 0 Å². The highest BCUT2D eigenvalue weighted by Crippen LogP contribution is 2.17. The lowest BCUT2D eigenvalue weighted by molar-refractivity contribution is -0.130. The number of hydrogen-bond acceptors (Lipinski definition) is 5. The number of carbonyl (C=O) groups excluding carboxylic acids is 1. The fourth-order valence-electron chi connectivity index (χ4n) is 2.72. The zero-order valence-corrected chi connectivity index (χ0v) is 16.5. The second-order valence-electron chi connectivity index (χ2n) is 6.81. The number of rotatable bonds is 8. The van der Waals surface area contributed by atoms with E-state index in [9.17, 15) is 4.79 Å². The Morgan fingerprint density at radius 3 is 2.61 bits per heavy atom. The van der Waals surface area contributed by atoms with Gasteiger partial charge in [-0.05, 0) is 25.5 Å². The third-order valence-electron chi connectivity index (χ3n) is 4.53. The van der Waals surface area contributed by atoms with Crippen molar-refractivity contribution in [3.63, 3.8) is 0 Å². The van der Waals surface area contributed by atoms with Gasteiger partial charge in [-0.3, -0.25) is 4.79 Å². The molecule has 1 heterocycles. The van der Waals surface area contributed by atoms with Gasteiger partial charge in [0.2, 0.25) is 17.6 Å². The van der Waals surface area contributed by atoms with Crippen molar-refractivity contribution < 1.29 is 14.1 Å². The van der Waals surface area contributed by atoms with E-state index in [2.05, 4.69) is 10.1 Å².